The zero-order chi connectivity index (χ0) is 30.5. The van der Waals surface area contributed by atoms with Crippen LogP contribution in [0.4, 0.5) is 22.2 Å². The van der Waals surface area contributed by atoms with Gasteiger partial charge in [-0.1, -0.05) is 12.8 Å². The van der Waals surface area contributed by atoms with Crippen LogP contribution in [0.5, 0.6) is 0 Å². The molecule has 2 unspecified atom stereocenters. The van der Waals surface area contributed by atoms with E-state index in [1.807, 2.05) is 44.0 Å². The van der Waals surface area contributed by atoms with E-state index in [1.165, 1.54) is 6.92 Å². The fraction of sp³-hybridized carbons (Fsp3) is 0.562. The average molecular weight is 588 g/mol. The van der Waals surface area contributed by atoms with Crippen LogP contribution in [0.25, 0.3) is 11.0 Å². The van der Waals surface area contributed by atoms with Crippen LogP contribution in [0.2, 0.25) is 0 Å². The molecule has 0 spiro atoms. The van der Waals surface area contributed by atoms with Gasteiger partial charge < -0.3 is 19.9 Å². The number of fused-ring (bicyclic) bond motifs is 3. The number of hydrogen-bond donors (Lipinski definition) is 1. The fourth-order valence-corrected chi connectivity index (χ4v) is 7.04. The zero-order valence-electron chi connectivity index (χ0n) is 25.7. The topological polar surface area (TPSA) is 123 Å². The molecule has 43 heavy (non-hydrogen) atoms. The highest BCUT2D eigenvalue weighted by molar-refractivity contribution is 5.99. The van der Waals surface area contributed by atoms with Gasteiger partial charge in [-0.3, -0.25) is 14.2 Å². The molecule has 6 rings (SSSR count). The molecule has 2 saturated heterocycles. The number of piperidine rings is 2. The highest BCUT2D eigenvalue weighted by Crippen LogP contribution is 2.34. The lowest BCUT2D eigenvalue weighted by Crippen LogP contribution is -2.55. The summed E-state index contributed by atoms with van der Waals surface area (Å²) in [7, 11) is 0. The molecule has 11 nitrogen and oxygen atoms in total. The van der Waals surface area contributed by atoms with E-state index in [2.05, 4.69) is 20.2 Å². The number of ether oxygens (including phenoxy) is 1. The third-order valence-corrected chi connectivity index (χ3v) is 8.84. The van der Waals surface area contributed by atoms with E-state index < -0.39 is 5.60 Å². The van der Waals surface area contributed by atoms with Crippen molar-refractivity contribution in [1.82, 2.24) is 24.4 Å². The minimum absolute atomic E-state index is 0.0223. The molecule has 3 aromatic rings. The highest BCUT2D eigenvalue weighted by Gasteiger charge is 2.37. The number of pyridine rings is 2. The summed E-state index contributed by atoms with van der Waals surface area (Å²) in [5.74, 6) is 1.48. The first-order valence-corrected chi connectivity index (χ1v) is 15.4. The molecule has 1 amide bonds. The van der Waals surface area contributed by atoms with Crippen LogP contribution in [0.3, 0.4) is 0 Å². The summed E-state index contributed by atoms with van der Waals surface area (Å²) in [6.45, 7) is 12.1. The smallest absolute Gasteiger partial charge is 0.410 e. The standard InChI is InChI=1S/C32H41N7O4/c1-19-25-14-34-30(36-28(25)39(23-8-6-7-9-23)29(41)27(19)20(2)40)35-26-11-10-24(13-33-26)37-15-21-12-22(16-37)18-38(17-21)31(42)43-32(3,4)5/h10-11,13-14,21-23H,6-9,12,15-18H2,1-5H3,(H,33,34,35,36). The van der Waals surface area contributed by atoms with Crippen molar-refractivity contribution in [2.75, 3.05) is 36.4 Å². The van der Waals surface area contributed by atoms with Crippen LogP contribution in [-0.2, 0) is 4.74 Å². The Bertz CT molecular complexity index is 1590. The van der Waals surface area contributed by atoms with Gasteiger partial charge in [0.2, 0.25) is 5.95 Å². The average Bonchev–Trinajstić information content (AvgIpc) is 3.46. The summed E-state index contributed by atoms with van der Waals surface area (Å²) in [4.78, 5) is 56.7. The number of carbonyl (C=O) groups excluding carboxylic acids is 2. The third kappa shape index (κ3) is 5.94. The molecule has 1 saturated carbocycles. The highest BCUT2D eigenvalue weighted by atomic mass is 16.6. The van der Waals surface area contributed by atoms with Crippen molar-refractivity contribution < 1.29 is 14.3 Å². The van der Waals surface area contributed by atoms with Crippen LogP contribution in [0, 0.1) is 18.8 Å². The van der Waals surface area contributed by atoms with Gasteiger partial charge in [0, 0.05) is 43.8 Å². The van der Waals surface area contributed by atoms with Crippen molar-refractivity contribution in [2.24, 2.45) is 11.8 Å². The normalized spacial score (nSPS) is 20.9. The van der Waals surface area contributed by atoms with Crippen molar-refractivity contribution in [2.45, 2.75) is 78.4 Å². The van der Waals surface area contributed by atoms with Crippen LogP contribution in [0.1, 0.15) is 81.8 Å². The number of rotatable bonds is 5. The summed E-state index contributed by atoms with van der Waals surface area (Å²) in [5.41, 5.74) is 1.67. The second kappa shape index (κ2) is 11.2. The molecule has 0 aromatic carbocycles. The van der Waals surface area contributed by atoms with Crippen LogP contribution in [-0.4, -0.2) is 68.1 Å². The number of aryl methyl sites for hydroxylation is 1. The van der Waals surface area contributed by atoms with Crippen molar-refractivity contribution in [3.8, 4) is 0 Å². The van der Waals surface area contributed by atoms with Crippen molar-refractivity contribution >= 4 is 40.4 Å². The van der Waals surface area contributed by atoms with Gasteiger partial charge >= 0.3 is 6.09 Å². The number of hydrogen-bond acceptors (Lipinski definition) is 9. The number of aromatic nitrogens is 4. The molecule has 0 radical (unpaired) electrons. The lowest BCUT2D eigenvalue weighted by molar-refractivity contribution is 0.00761. The molecule has 2 atom stereocenters. The number of carbonyl (C=O) groups is 2. The number of ketones is 1. The van der Waals surface area contributed by atoms with E-state index >= 15 is 0 Å². The molecule has 2 aliphatic heterocycles. The van der Waals surface area contributed by atoms with Gasteiger partial charge in [-0.25, -0.2) is 14.8 Å². The Labute approximate surface area is 251 Å². The van der Waals surface area contributed by atoms with Gasteiger partial charge in [0.25, 0.3) is 5.56 Å². The van der Waals surface area contributed by atoms with Crippen molar-refractivity contribution in [3.63, 3.8) is 0 Å². The number of Topliss-reactive ketones (excluding diaryl/α,β-unsaturated/α-hetero) is 1. The Morgan fingerprint density at radius 3 is 2.30 bits per heavy atom. The van der Waals surface area contributed by atoms with Crippen LogP contribution in [0.15, 0.2) is 29.3 Å². The lowest BCUT2D eigenvalue weighted by atomic mass is 9.84. The van der Waals surface area contributed by atoms with Gasteiger partial charge in [0.15, 0.2) is 5.78 Å². The van der Waals surface area contributed by atoms with E-state index in [-0.39, 0.29) is 29.0 Å². The maximum Gasteiger partial charge on any atom is 0.410 e. The molecule has 3 fully saturated rings. The maximum absolute atomic E-state index is 13.5. The zero-order valence-corrected chi connectivity index (χ0v) is 25.7. The largest absolute Gasteiger partial charge is 0.444 e. The SMILES string of the molecule is CC(=O)c1c(C)c2cnc(Nc3ccc(N4CC5CC(CN(C(=O)OC(C)(C)C)C5)C4)cn3)nc2n(C2CCCC2)c1=O. The van der Waals surface area contributed by atoms with E-state index in [4.69, 9.17) is 9.72 Å². The number of likely N-dealkylation sites (tertiary alicyclic amines) is 1. The van der Waals surface area contributed by atoms with E-state index in [0.29, 0.717) is 53.3 Å². The predicted molar refractivity (Wildman–Crippen MR) is 165 cm³/mol. The summed E-state index contributed by atoms with van der Waals surface area (Å²) >= 11 is 0. The fourth-order valence-electron chi connectivity index (χ4n) is 7.04. The number of nitrogens with one attached hydrogen (secondary N) is 1. The number of amides is 1. The molecule has 5 heterocycles. The third-order valence-electron chi connectivity index (χ3n) is 8.84. The Morgan fingerprint density at radius 1 is 1.00 bits per heavy atom. The quantitative estimate of drug-likeness (QED) is 0.399. The molecule has 3 aliphatic rings. The first-order valence-electron chi connectivity index (χ1n) is 15.4. The lowest BCUT2D eigenvalue weighted by Gasteiger charge is -2.46. The molecular weight excluding hydrogens is 546 g/mol. The van der Waals surface area contributed by atoms with Crippen LogP contribution < -0.4 is 15.8 Å². The van der Waals surface area contributed by atoms with E-state index in [9.17, 15) is 14.4 Å². The molecular formula is C32H41N7O4. The molecule has 3 aromatic heterocycles. The van der Waals surface area contributed by atoms with Gasteiger partial charge in [-0.15, -0.1) is 0 Å². The summed E-state index contributed by atoms with van der Waals surface area (Å²) in [6, 6.07) is 3.98. The summed E-state index contributed by atoms with van der Waals surface area (Å²) in [5, 5.41) is 3.92. The van der Waals surface area contributed by atoms with Crippen LogP contribution >= 0.6 is 0 Å². The number of nitrogens with zero attached hydrogens (tertiary/aromatic N) is 6. The minimum Gasteiger partial charge on any atom is -0.444 e. The molecule has 2 bridgehead atoms. The first-order chi connectivity index (χ1) is 20.5. The molecule has 1 N–H and O–H groups in total. The Morgan fingerprint density at radius 2 is 1.70 bits per heavy atom. The number of anilines is 3. The Balaban J connectivity index is 1.19. The predicted octanol–water partition coefficient (Wildman–Crippen LogP) is 5.25. The van der Waals surface area contributed by atoms with E-state index in [1.54, 1.807) is 17.7 Å². The Kier molecular flexibility index (Phi) is 7.60. The van der Waals surface area contributed by atoms with Gasteiger partial charge in [-0.2, -0.15) is 4.98 Å². The molecule has 11 heteroatoms. The second-order valence-electron chi connectivity index (χ2n) is 13.4. The van der Waals surface area contributed by atoms with E-state index in [0.717, 1.165) is 50.9 Å². The molecule has 228 valence electrons. The van der Waals surface area contributed by atoms with Gasteiger partial charge in [0.05, 0.1) is 17.4 Å². The summed E-state index contributed by atoms with van der Waals surface area (Å²) < 4.78 is 7.33. The van der Waals surface area contributed by atoms with Crippen molar-refractivity contribution in [1.29, 1.82) is 0 Å². The first kappa shape index (κ1) is 29.1. The summed E-state index contributed by atoms with van der Waals surface area (Å²) in [6.07, 6.45) is 8.32. The van der Waals surface area contributed by atoms with Gasteiger partial charge in [0.1, 0.15) is 17.1 Å². The van der Waals surface area contributed by atoms with Crippen molar-refractivity contribution in [3.05, 3.63) is 46.0 Å². The van der Waals surface area contributed by atoms with Gasteiger partial charge in [-0.05, 0) is 83.4 Å². The maximum atomic E-state index is 13.5. The second-order valence-corrected chi connectivity index (χ2v) is 13.4. The monoisotopic (exact) mass is 587 g/mol. The minimum atomic E-state index is -0.497. The molecule has 1 aliphatic carbocycles. The Hall–Kier alpha value is -4.02.